The van der Waals surface area contributed by atoms with Gasteiger partial charge in [0, 0.05) is 37.0 Å². The third-order valence-electron chi connectivity index (χ3n) is 3.90. The Bertz CT molecular complexity index is 706. The maximum absolute atomic E-state index is 12.9. The third kappa shape index (κ3) is 2.59. The molecule has 2 heterocycles. The Labute approximate surface area is 124 Å². The zero-order chi connectivity index (χ0) is 14.9. The molecular formula is C14H18N4O2S. The van der Waals surface area contributed by atoms with Crippen LogP contribution in [0.1, 0.15) is 6.42 Å². The fourth-order valence-corrected chi connectivity index (χ4v) is 4.23. The van der Waals surface area contributed by atoms with Crippen LogP contribution in [-0.4, -0.2) is 49.1 Å². The molecule has 6 nitrogen and oxygen atoms in total. The van der Waals surface area contributed by atoms with Gasteiger partial charge in [-0.15, -0.1) is 0 Å². The van der Waals surface area contributed by atoms with Crippen LogP contribution in [0.4, 0.5) is 0 Å². The Kier molecular flexibility index (Phi) is 3.79. The van der Waals surface area contributed by atoms with E-state index in [0.717, 1.165) is 18.5 Å². The highest BCUT2D eigenvalue weighted by Gasteiger charge is 2.31. The van der Waals surface area contributed by atoms with Gasteiger partial charge in [-0.3, -0.25) is 5.10 Å². The number of rotatable bonds is 4. The van der Waals surface area contributed by atoms with Gasteiger partial charge in [-0.05, 0) is 19.0 Å². The minimum atomic E-state index is -3.53. The number of nitrogens with one attached hydrogen (secondary N) is 2. The molecule has 112 valence electrons. The molecule has 1 aromatic heterocycles. The van der Waals surface area contributed by atoms with Gasteiger partial charge < -0.3 is 5.32 Å². The first-order valence-corrected chi connectivity index (χ1v) is 8.31. The van der Waals surface area contributed by atoms with Crippen LogP contribution < -0.4 is 5.32 Å². The van der Waals surface area contributed by atoms with E-state index in [4.69, 9.17) is 0 Å². The summed E-state index contributed by atoms with van der Waals surface area (Å²) < 4.78 is 27.3. The predicted molar refractivity (Wildman–Crippen MR) is 80.2 cm³/mol. The standard InChI is InChI=1S/C14H18N4O2S/c1-18(12-6-7-15-10-12)21(19,20)14-5-3-2-4-13(14)11-8-16-17-9-11/h2-5,8-9,12,15H,6-7,10H2,1H3,(H,16,17)/t12-/m0/s1. The summed E-state index contributed by atoms with van der Waals surface area (Å²) in [4.78, 5) is 0.320. The van der Waals surface area contributed by atoms with Gasteiger partial charge in [0.1, 0.15) is 0 Å². The van der Waals surface area contributed by atoms with Crippen molar-refractivity contribution in [1.82, 2.24) is 19.8 Å². The van der Waals surface area contributed by atoms with Crippen molar-refractivity contribution >= 4 is 10.0 Å². The Balaban J connectivity index is 2.03. The monoisotopic (exact) mass is 306 g/mol. The minimum Gasteiger partial charge on any atom is -0.315 e. The summed E-state index contributed by atoms with van der Waals surface area (Å²) >= 11 is 0. The van der Waals surface area contributed by atoms with E-state index in [2.05, 4.69) is 15.5 Å². The summed E-state index contributed by atoms with van der Waals surface area (Å²) in [5.74, 6) is 0. The van der Waals surface area contributed by atoms with Crippen LogP contribution >= 0.6 is 0 Å². The van der Waals surface area contributed by atoms with Gasteiger partial charge in [0.15, 0.2) is 0 Å². The molecule has 0 unspecified atom stereocenters. The number of H-pyrrole nitrogens is 1. The first-order valence-electron chi connectivity index (χ1n) is 6.87. The molecule has 0 aliphatic carbocycles. The summed E-state index contributed by atoms with van der Waals surface area (Å²) in [6.07, 6.45) is 4.17. The lowest BCUT2D eigenvalue weighted by Crippen LogP contribution is -2.38. The molecule has 1 aliphatic heterocycles. The van der Waals surface area contributed by atoms with Gasteiger partial charge in [0.25, 0.3) is 0 Å². The Morgan fingerprint density at radius 2 is 2.14 bits per heavy atom. The first-order chi connectivity index (χ1) is 10.1. The van der Waals surface area contributed by atoms with Crippen LogP contribution in [-0.2, 0) is 10.0 Å². The van der Waals surface area contributed by atoms with Crippen molar-refractivity contribution in [1.29, 1.82) is 0 Å². The Hall–Kier alpha value is -1.70. The summed E-state index contributed by atoms with van der Waals surface area (Å²) in [7, 11) is -1.88. The van der Waals surface area contributed by atoms with Crippen LogP contribution in [0.5, 0.6) is 0 Å². The highest BCUT2D eigenvalue weighted by atomic mass is 32.2. The fraction of sp³-hybridized carbons (Fsp3) is 0.357. The number of sulfonamides is 1. The predicted octanol–water partition coefficient (Wildman–Crippen LogP) is 1.06. The van der Waals surface area contributed by atoms with Crippen LogP contribution in [0.15, 0.2) is 41.6 Å². The van der Waals surface area contributed by atoms with Gasteiger partial charge in [0.2, 0.25) is 10.0 Å². The lowest BCUT2D eigenvalue weighted by Gasteiger charge is -2.24. The number of benzene rings is 1. The smallest absolute Gasteiger partial charge is 0.243 e. The normalized spacial score (nSPS) is 19.2. The van der Waals surface area contributed by atoms with Gasteiger partial charge in [-0.25, -0.2) is 8.42 Å². The minimum absolute atomic E-state index is 0.00686. The third-order valence-corrected chi connectivity index (χ3v) is 5.87. The molecule has 7 heteroatoms. The first kappa shape index (κ1) is 14.2. The molecule has 0 radical (unpaired) electrons. The maximum atomic E-state index is 12.9. The highest BCUT2D eigenvalue weighted by Crippen LogP contribution is 2.29. The van der Waals surface area contributed by atoms with E-state index >= 15 is 0 Å². The molecule has 1 fully saturated rings. The number of aromatic nitrogens is 2. The molecule has 2 N–H and O–H groups in total. The van der Waals surface area contributed by atoms with Crippen molar-refractivity contribution in [3.8, 4) is 11.1 Å². The second-order valence-electron chi connectivity index (χ2n) is 5.15. The lowest BCUT2D eigenvalue weighted by molar-refractivity contribution is 0.388. The average Bonchev–Trinajstić information content (AvgIpc) is 3.19. The fourth-order valence-electron chi connectivity index (χ4n) is 2.63. The van der Waals surface area contributed by atoms with E-state index in [9.17, 15) is 8.42 Å². The SMILES string of the molecule is CN([C@H]1CCNC1)S(=O)(=O)c1ccccc1-c1cn[nH]c1. The molecular weight excluding hydrogens is 288 g/mol. The molecule has 0 bridgehead atoms. The van der Waals surface area contributed by atoms with Gasteiger partial charge in [-0.1, -0.05) is 18.2 Å². The molecule has 1 saturated heterocycles. The molecule has 0 amide bonds. The summed E-state index contributed by atoms with van der Waals surface area (Å²) in [5, 5.41) is 9.82. The summed E-state index contributed by atoms with van der Waals surface area (Å²) in [6.45, 7) is 1.55. The maximum Gasteiger partial charge on any atom is 0.243 e. The van der Waals surface area contributed by atoms with E-state index in [-0.39, 0.29) is 6.04 Å². The van der Waals surface area contributed by atoms with Crippen molar-refractivity contribution in [3.63, 3.8) is 0 Å². The number of hydrogen-bond acceptors (Lipinski definition) is 4. The van der Waals surface area contributed by atoms with Gasteiger partial charge in [0.05, 0.1) is 11.1 Å². The molecule has 1 atom stereocenters. The zero-order valence-electron chi connectivity index (χ0n) is 11.8. The Morgan fingerprint density at radius 1 is 1.33 bits per heavy atom. The molecule has 0 spiro atoms. The van der Waals surface area contributed by atoms with E-state index in [0.29, 0.717) is 17.0 Å². The van der Waals surface area contributed by atoms with Crippen LogP contribution in [0, 0.1) is 0 Å². The zero-order valence-corrected chi connectivity index (χ0v) is 12.6. The molecule has 3 rings (SSSR count). The molecule has 1 aliphatic rings. The molecule has 21 heavy (non-hydrogen) atoms. The largest absolute Gasteiger partial charge is 0.315 e. The van der Waals surface area contributed by atoms with Crippen molar-refractivity contribution in [2.24, 2.45) is 0 Å². The van der Waals surface area contributed by atoms with Gasteiger partial charge >= 0.3 is 0 Å². The summed E-state index contributed by atoms with van der Waals surface area (Å²) in [6, 6.07) is 7.04. The number of aromatic amines is 1. The number of hydrogen-bond donors (Lipinski definition) is 2. The highest BCUT2D eigenvalue weighted by molar-refractivity contribution is 7.89. The summed E-state index contributed by atoms with van der Waals surface area (Å²) in [5.41, 5.74) is 1.44. The Morgan fingerprint density at radius 3 is 2.81 bits per heavy atom. The van der Waals surface area contributed by atoms with Gasteiger partial charge in [-0.2, -0.15) is 9.40 Å². The van der Waals surface area contributed by atoms with Crippen molar-refractivity contribution in [2.75, 3.05) is 20.1 Å². The van der Waals surface area contributed by atoms with Crippen molar-refractivity contribution in [3.05, 3.63) is 36.7 Å². The van der Waals surface area contributed by atoms with E-state index < -0.39 is 10.0 Å². The van der Waals surface area contributed by atoms with Crippen molar-refractivity contribution in [2.45, 2.75) is 17.4 Å². The lowest BCUT2D eigenvalue weighted by atomic mass is 10.1. The second kappa shape index (κ2) is 5.59. The topological polar surface area (TPSA) is 78.1 Å². The number of likely N-dealkylation sites (N-methyl/N-ethyl adjacent to an activating group) is 1. The average molecular weight is 306 g/mol. The van der Waals surface area contributed by atoms with Crippen LogP contribution in [0.3, 0.4) is 0 Å². The molecule has 1 aromatic carbocycles. The second-order valence-corrected chi connectivity index (χ2v) is 7.12. The van der Waals surface area contributed by atoms with Crippen LogP contribution in [0.25, 0.3) is 11.1 Å². The van der Waals surface area contributed by atoms with Crippen LogP contribution in [0.2, 0.25) is 0 Å². The van der Waals surface area contributed by atoms with E-state index in [1.54, 1.807) is 37.6 Å². The molecule has 2 aromatic rings. The number of nitrogens with zero attached hydrogens (tertiary/aromatic N) is 2. The molecule has 0 saturated carbocycles. The quantitative estimate of drug-likeness (QED) is 0.885. The van der Waals surface area contributed by atoms with Crippen molar-refractivity contribution < 1.29 is 8.42 Å². The van der Waals surface area contributed by atoms with E-state index in [1.165, 1.54) is 4.31 Å². The van der Waals surface area contributed by atoms with E-state index in [1.807, 2.05) is 6.07 Å².